The molecule has 0 aromatic heterocycles. The summed E-state index contributed by atoms with van der Waals surface area (Å²) < 4.78 is 10.5. The van der Waals surface area contributed by atoms with E-state index >= 15 is 0 Å². The lowest BCUT2D eigenvalue weighted by Crippen LogP contribution is -2.28. The van der Waals surface area contributed by atoms with Gasteiger partial charge in [-0.05, 0) is 24.7 Å². The van der Waals surface area contributed by atoms with Crippen LogP contribution < -0.4 is 0 Å². The van der Waals surface area contributed by atoms with Crippen molar-refractivity contribution < 1.29 is 24.2 Å². The van der Waals surface area contributed by atoms with E-state index in [1.165, 1.54) is 70.6 Å². The third-order valence-corrected chi connectivity index (χ3v) is 6.87. The number of hydrogen-bond acceptors (Lipinski definition) is 5. The fraction of sp³-hybridized carbons (Fsp3) is 0.933. The van der Waals surface area contributed by atoms with Crippen molar-refractivity contribution in [2.45, 2.75) is 156 Å². The highest BCUT2D eigenvalue weighted by Crippen LogP contribution is 2.15. The first kappa shape index (κ1) is 33.9. The molecule has 0 aromatic rings. The van der Waals surface area contributed by atoms with E-state index in [2.05, 4.69) is 27.7 Å². The Morgan fingerprint density at radius 1 is 0.657 bits per heavy atom. The minimum atomic E-state index is -0.761. The van der Waals surface area contributed by atoms with E-state index in [9.17, 15) is 14.7 Å². The van der Waals surface area contributed by atoms with Gasteiger partial charge in [-0.2, -0.15) is 0 Å². The van der Waals surface area contributed by atoms with Crippen LogP contribution in [0.3, 0.4) is 0 Å². The number of hydrogen-bond donors (Lipinski definition) is 1. The predicted molar refractivity (Wildman–Crippen MR) is 145 cm³/mol. The molecule has 5 heteroatoms. The number of aliphatic hydroxyl groups excluding tert-OH is 1. The summed E-state index contributed by atoms with van der Waals surface area (Å²) in [6.45, 7) is 8.72. The molecule has 0 bridgehead atoms. The molecule has 208 valence electrons. The Morgan fingerprint density at radius 3 is 1.60 bits per heavy atom. The third kappa shape index (κ3) is 24.4. The number of rotatable bonds is 25. The van der Waals surface area contributed by atoms with E-state index in [0.29, 0.717) is 12.8 Å². The van der Waals surface area contributed by atoms with Gasteiger partial charge in [-0.25, -0.2) is 0 Å². The van der Waals surface area contributed by atoms with Gasteiger partial charge in [0.25, 0.3) is 0 Å². The number of carbonyl (C=O) groups is 2. The quantitative estimate of drug-likeness (QED) is 0.101. The molecule has 2 atom stereocenters. The SMILES string of the molecule is CCC(C)CCCCCCCCC(=O)OC[C@H](CO)OC(=O)CCCCCCCCCCC(C)C. The van der Waals surface area contributed by atoms with Gasteiger partial charge in [0.05, 0.1) is 6.61 Å². The van der Waals surface area contributed by atoms with Crippen LogP contribution in [0.4, 0.5) is 0 Å². The average Bonchev–Trinajstić information content (AvgIpc) is 2.83. The summed E-state index contributed by atoms with van der Waals surface area (Å²) >= 11 is 0. The largest absolute Gasteiger partial charge is 0.462 e. The predicted octanol–water partition coefficient (Wildman–Crippen LogP) is 8.16. The molecule has 0 radical (unpaired) electrons. The van der Waals surface area contributed by atoms with Gasteiger partial charge in [-0.3, -0.25) is 9.59 Å². The molecule has 0 heterocycles. The highest BCUT2D eigenvalue weighted by molar-refractivity contribution is 5.70. The fourth-order valence-electron chi connectivity index (χ4n) is 4.18. The van der Waals surface area contributed by atoms with Crippen LogP contribution in [0.1, 0.15) is 150 Å². The van der Waals surface area contributed by atoms with E-state index in [1.54, 1.807) is 0 Å². The molecule has 35 heavy (non-hydrogen) atoms. The first-order valence-corrected chi connectivity index (χ1v) is 14.8. The molecule has 0 saturated carbocycles. The van der Waals surface area contributed by atoms with Crippen LogP contribution in [0, 0.1) is 11.8 Å². The standard InChI is InChI=1S/C30H58O5/c1-5-27(4)21-17-13-10-11-14-18-22-29(32)34-25-28(24-31)35-30(33)23-19-15-9-7-6-8-12-16-20-26(2)3/h26-28,31H,5-25H2,1-4H3/t27?,28-/m0/s1. The van der Waals surface area contributed by atoms with Gasteiger partial charge in [0.2, 0.25) is 0 Å². The summed E-state index contributed by atoms with van der Waals surface area (Å²) in [7, 11) is 0. The number of esters is 2. The molecule has 0 aliphatic carbocycles. The second-order valence-corrected chi connectivity index (χ2v) is 10.9. The van der Waals surface area contributed by atoms with Crippen LogP contribution in [-0.2, 0) is 19.1 Å². The highest BCUT2D eigenvalue weighted by atomic mass is 16.6. The molecular weight excluding hydrogens is 440 g/mol. The van der Waals surface area contributed by atoms with Crippen molar-refractivity contribution in [1.82, 2.24) is 0 Å². The summed E-state index contributed by atoms with van der Waals surface area (Å²) in [6.07, 6.45) is 20.2. The van der Waals surface area contributed by atoms with Crippen LogP contribution in [0.15, 0.2) is 0 Å². The molecule has 0 aromatic carbocycles. The van der Waals surface area contributed by atoms with Crippen LogP contribution in [0.25, 0.3) is 0 Å². The van der Waals surface area contributed by atoms with E-state index in [0.717, 1.165) is 50.4 Å². The Labute approximate surface area is 217 Å². The van der Waals surface area contributed by atoms with E-state index in [-0.39, 0.29) is 25.2 Å². The molecule has 0 fully saturated rings. The maximum atomic E-state index is 12.0. The first-order valence-electron chi connectivity index (χ1n) is 14.8. The van der Waals surface area contributed by atoms with Gasteiger partial charge in [0.15, 0.2) is 6.10 Å². The lowest BCUT2D eigenvalue weighted by atomic mass is 10.00. The molecule has 5 nitrogen and oxygen atoms in total. The van der Waals surface area contributed by atoms with Gasteiger partial charge in [0, 0.05) is 12.8 Å². The van der Waals surface area contributed by atoms with Crippen molar-refractivity contribution in [1.29, 1.82) is 0 Å². The summed E-state index contributed by atoms with van der Waals surface area (Å²) in [5.74, 6) is 1.04. The Kier molecular flexibility index (Phi) is 23.8. The zero-order chi connectivity index (χ0) is 26.2. The number of unbranched alkanes of at least 4 members (excludes halogenated alkanes) is 12. The normalized spacial score (nSPS) is 13.1. The summed E-state index contributed by atoms with van der Waals surface area (Å²) in [6, 6.07) is 0. The lowest BCUT2D eigenvalue weighted by molar-refractivity contribution is -0.161. The molecule has 0 aliphatic heterocycles. The number of carbonyl (C=O) groups excluding carboxylic acids is 2. The summed E-state index contributed by atoms with van der Waals surface area (Å²) in [5.41, 5.74) is 0. The highest BCUT2D eigenvalue weighted by Gasteiger charge is 2.16. The van der Waals surface area contributed by atoms with Gasteiger partial charge >= 0.3 is 11.9 Å². The third-order valence-electron chi connectivity index (χ3n) is 6.87. The van der Waals surface area contributed by atoms with Crippen LogP contribution in [-0.4, -0.2) is 36.4 Å². The van der Waals surface area contributed by atoms with Gasteiger partial charge in [-0.15, -0.1) is 0 Å². The second kappa shape index (κ2) is 24.6. The minimum Gasteiger partial charge on any atom is -0.462 e. The van der Waals surface area contributed by atoms with Crippen molar-refractivity contribution in [3.63, 3.8) is 0 Å². The van der Waals surface area contributed by atoms with Crippen molar-refractivity contribution in [3.8, 4) is 0 Å². The first-order chi connectivity index (χ1) is 16.9. The van der Waals surface area contributed by atoms with Crippen molar-refractivity contribution in [3.05, 3.63) is 0 Å². The lowest BCUT2D eigenvalue weighted by Gasteiger charge is -2.15. The fourth-order valence-corrected chi connectivity index (χ4v) is 4.18. The molecule has 1 unspecified atom stereocenters. The number of aliphatic hydroxyl groups is 1. The van der Waals surface area contributed by atoms with Gasteiger partial charge < -0.3 is 14.6 Å². The second-order valence-electron chi connectivity index (χ2n) is 10.9. The Bertz CT molecular complexity index is 491. The minimum absolute atomic E-state index is 0.0620. The summed E-state index contributed by atoms with van der Waals surface area (Å²) in [4.78, 5) is 24.0. The Hall–Kier alpha value is -1.10. The Balaban J connectivity index is 3.62. The molecule has 0 aliphatic rings. The monoisotopic (exact) mass is 498 g/mol. The molecule has 0 rings (SSSR count). The maximum Gasteiger partial charge on any atom is 0.306 e. The van der Waals surface area contributed by atoms with Crippen LogP contribution >= 0.6 is 0 Å². The van der Waals surface area contributed by atoms with Crippen molar-refractivity contribution >= 4 is 11.9 Å². The van der Waals surface area contributed by atoms with Crippen LogP contribution in [0.2, 0.25) is 0 Å². The zero-order valence-corrected chi connectivity index (χ0v) is 23.7. The number of ether oxygens (including phenoxy) is 2. The topological polar surface area (TPSA) is 72.8 Å². The van der Waals surface area contributed by atoms with E-state index < -0.39 is 6.10 Å². The van der Waals surface area contributed by atoms with Crippen molar-refractivity contribution in [2.24, 2.45) is 11.8 Å². The van der Waals surface area contributed by atoms with Gasteiger partial charge in [0.1, 0.15) is 6.61 Å². The summed E-state index contributed by atoms with van der Waals surface area (Å²) in [5, 5.41) is 9.45. The van der Waals surface area contributed by atoms with E-state index in [4.69, 9.17) is 9.47 Å². The van der Waals surface area contributed by atoms with Gasteiger partial charge in [-0.1, -0.05) is 124 Å². The maximum absolute atomic E-state index is 12.0. The molecular formula is C30H58O5. The molecule has 0 amide bonds. The van der Waals surface area contributed by atoms with Crippen LogP contribution in [0.5, 0.6) is 0 Å². The van der Waals surface area contributed by atoms with E-state index in [1.807, 2.05) is 0 Å². The van der Waals surface area contributed by atoms with Crippen molar-refractivity contribution in [2.75, 3.05) is 13.2 Å². The average molecular weight is 499 g/mol. The molecule has 0 saturated heterocycles. The Morgan fingerprint density at radius 2 is 1.11 bits per heavy atom. The zero-order valence-electron chi connectivity index (χ0n) is 23.7. The molecule has 1 N–H and O–H groups in total. The molecule has 0 spiro atoms. The smallest absolute Gasteiger partial charge is 0.306 e.